The highest BCUT2D eigenvalue weighted by Gasteiger charge is 2.23. The molecule has 7 nitrogen and oxygen atoms in total. The number of benzene rings is 3. The molecule has 3 aromatic carbocycles. The predicted molar refractivity (Wildman–Crippen MR) is 126 cm³/mol. The van der Waals surface area contributed by atoms with Gasteiger partial charge >= 0.3 is 0 Å². The Morgan fingerprint density at radius 3 is 2.41 bits per heavy atom. The number of rotatable bonds is 7. The molecular formula is C25H23ClFN3O4. The van der Waals surface area contributed by atoms with Gasteiger partial charge in [0.05, 0.1) is 4.92 Å². The third-order valence-electron chi connectivity index (χ3n) is 5.73. The highest BCUT2D eigenvalue weighted by Crippen LogP contribution is 2.22. The number of ether oxygens (including phenoxy) is 1. The van der Waals surface area contributed by atoms with Crippen LogP contribution in [0.15, 0.2) is 66.7 Å². The van der Waals surface area contributed by atoms with Gasteiger partial charge < -0.3 is 9.64 Å². The Kier molecular flexibility index (Phi) is 7.40. The molecule has 1 amide bonds. The number of halogens is 2. The first-order chi connectivity index (χ1) is 16.4. The van der Waals surface area contributed by atoms with Crippen LogP contribution in [0.3, 0.4) is 0 Å². The molecule has 0 unspecified atom stereocenters. The first-order valence-electron chi connectivity index (χ1n) is 10.8. The van der Waals surface area contributed by atoms with Crippen LogP contribution in [-0.4, -0.2) is 46.8 Å². The summed E-state index contributed by atoms with van der Waals surface area (Å²) in [6.45, 7) is 2.96. The third-order valence-corrected chi connectivity index (χ3v) is 6.08. The molecule has 0 bridgehead atoms. The van der Waals surface area contributed by atoms with Crippen molar-refractivity contribution in [2.75, 3.05) is 26.2 Å². The molecule has 0 spiro atoms. The monoisotopic (exact) mass is 483 g/mol. The Hall–Kier alpha value is -3.49. The van der Waals surface area contributed by atoms with Crippen LogP contribution < -0.4 is 4.74 Å². The van der Waals surface area contributed by atoms with Crippen molar-refractivity contribution in [3.05, 3.63) is 104 Å². The fourth-order valence-corrected chi connectivity index (χ4v) is 4.05. The van der Waals surface area contributed by atoms with E-state index in [0.717, 1.165) is 5.56 Å². The summed E-state index contributed by atoms with van der Waals surface area (Å²) in [4.78, 5) is 27.2. The van der Waals surface area contributed by atoms with Crippen LogP contribution in [-0.2, 0) is 13.2 Å². The lowest BCUT2D eigenvalue weighted by molar-refractivity contribution is -0.384. The molecule has 0 radical (unpaired) electrons. The number of carbonyl (C=O) groups excluding carboxylic acids is 1. The summed E-state index contributed by atoms with van der Waals surface area (Å²) < 4.78 is 19.8. The van der Waals surface area contributed by atoms with Gasteiger partial charge in [-0.05, 0) is 42.0 Å². The van der Waals surface area contributed by atoms with Gasteiger partial charge in [-0.2, -0.15) is 0 Å². The Balaban J connectivity index is 1.32. The van der Waals surface area contributed by atoms with E-state index in [9.17, 15) is 19.3 Å². The second-order valence-electron chi connectivity index (χ2n) is 8.01. The zero-order valence-corrected chi connectivity index (χ0v) is 19.1. The summed E-state index contributed by atoms with van der Waals surface area (Å²) in [5.74, 6) is 0.118. The number of amides is 1. The Morgan fingerprint density at radius 1 is 1.03 bits per heavy atom. The average molecular weight is 484 g/mol. The normalized spacial score (nSPS) is 14.1. The smallest absolute Gasteiger partial charge is 0.269 e. The number of piperazine rings is 1. The number of nitrogens with zero attached hydrogens (tertiary/aromatic N) is 3. The summed E-state index contributed by atoms with van der Waals surface area (Å²) in [7, 11) is 0. The van der Waals surface area contributed by atoms with E-state index in [4.69, 9.17) is 16.3 Å². The van der Waals surface area contributed by atoms with Crippen molar-refractivity contribution < 1.29 is 18.8 Å². The van der Waals surface area contributed by atoms with E-state index in [1.807, 2.05) is 6.07 Å². The van der Waals surface area contributed by atoms with Gasteiger partial charge in [0.1, 0.15) is 18.2 Å². The number of carbonyl (C=O) groups is 1. The van der Waals surface area contributed by atoms with Gasteiger partial charge in [-0.25, -0.2) is 4.39 Å². The van der Waals surface area contributed by atoms with Crippen molar-refractivity contribution in [3.63, 3.8) is 0 Å². The lowest BCUT2D eigenvalue weighted by Gasteiger charge is -2.35. The molecule has 0 aromatic heterocycles. The number of nitro groups is 1. The largest absolute Gasteiger partial charge is 0.489 e. The van der Waals surface area contributed by atoms with Crippen molar-refractivity contribution >= 4 is 23.2 Å². The van der Waals surface area contributed by atoms with Crippen LogP contribution in [0.4, 0.5) is 10.1 Å². The van der Waals surface area contributed by atoms with E-state index < -0.39 is 4.92 Å². The van der Waals surface area contributed by atoms with Gasteiger partial charge in [0.25, 0.3) is 11.6 Å². The standard InChI is InChI=1S/C25H23ClFN3O4/c26-23-5-2-6-24(27)22(23)16-28-11-13-29(14-12-28)25(31)19-4-1-3-18(15-19)17-34-21-9-7-20(8-10-21)30(32)33/h1-10,15H,11-14,16-17H2. The van der Waals surface area contributed by atoms with E-state index in [1.54, 1.807) is 47.4 Å². The molecule has 1 saturated heterocycles. The van der Waals surface area contributed by atoms with Crippen molar-refractivity contribution in [1.29, 1.82) is 0 Å². The van der Waals surface area contributed by atoms with Crippen molar-refractivity contribution in [1.82, 2.24) is 9.80 Å². The summed E-state index contributed by atoms with van der Waals surface area (Å²) in [6, 6.07) is 17.7. The number of nitro benzene ring substituents is 1. The highest BCUT2D eigenvalue weighted by molar-refractivity contribution is 6.31. The lowest BCUT2D eigenvalue weighted by Crippen LogP contribution is -2.48. The molecule has 0 atom stereocenters. The van der Waals surface area contributed by atoms with Gasteiger partial charge in [0.2, 0.25) is 0 Å². The van der Waals surface area contributed by atoms with Crippen LogP contribution in [0, 0.1) is 15.9 Å². The Morgan fingerprint density at radius 2 is 1.74 bits per heavy atom. The summed E-state index contributed by atoms with van der Waals surface area (Å²) in [5, 5.41) is 11.2. The van der Waals surface area contributed by atoms with Gasteiger partial charge in [-0.1, -0.05) is 29.8 Å². The number of hydrogen-bond acceptors (Lipinski definition) is 5. The van der Waals surface area contributed by atoms with Gasteiger partial charge in [0.15, 0.2) is 0 Å². The minimum Gasteiger partial charge on any atom is -0.489 e. The zero-order valence-electron chi connectivity index (χ0n) is 18.3. The topological polar surface area (TPSA) is 75.9 Å². The molecule has 1 aliphatic rings. The molecule has 9 heteroatoms. The third kappa shape index (κ3) is 5.70. The maximum absolute atomic E-state index is 14.1. The van der Waals surface area contributed by atoms with Gasteiger partial charge in [0, 0.05) is 61.0 Å². The van der Waals surface area contributed by atoms with Crippen LogP contribution in [0.2, 0.25) is 5.02 Å². The number of hydrogen-bond donors (Lipinski definition) is 0. The van der Waals surface area contributed by atoms with Crippen molar-refractivity contribution in [3.8, 4) is 5.75 Å². The van der Waals surface area contributed by atoms with Crippen LogP contribution in [0.25, 0.3) is 0 Å². The minimum atomic E-state index is -0.465. The van der Waals surface area contributed by atoms with Crippen LogP contribution in [0.1, 0.15) is 21.5 Å². The second-order valence-corrected chi connectivity index (χ2v) is 8.42. The second kappa shape index (κ2) is 10.6. The molecule has 1 fully saturated rings. The Bertz CT molecular complexity index is 1160. The SMILES string of the molecule is O=C(c1cccc(COc2ccc([N+](=O)[O-])cc2)c1)N1CCN(Cc2c(F)cccc2Cl)CC1. The molecule has 0 aliphatic carbocycles. The molecule has 34 heavy (non-hydrogen) atoms. The maximum atomic E-state index is 14.1. The minimum absolute atomic E-state index is 0.00274. The van der Waals surface area contributed by atoms with Crippen molar-refractivity contribution in [2.24, 2.45) is 0 Å². The first-order valence-corrected chi connectivity index (χ1v) is 11.2. The van der Waals surface area contributed by atoms with E-state index in [-0.39, 0.29) is 24.0 Å². The average Bonchev–Trinajstić information content (AvgIpc) is 2.85. The predicted octanol–water partition coefficient (Wildman–Crippen LogP) is 4.92. The van der Waals surface area contributed by atoms with Crippen molar-refractivity contribution in [2.45, 2.75) is 13.2 Å². The van der Waals surface area contributed by atoms with E-state index in [2.05, 4.69) is 4.90 Å². The number of non-ortho nitro benzene ring substituents is 1. The van der Waals surface area contributed by atoms with Crippen LogP contribution >= 0.6 is 11.6 Å². The fourth-order valence-electron chi connectivity index (χ4n) is 3.82. The quantitative estimate of drug-likeness (QED) is 0.352. The fraction of sp³-hybridized carbons (Fsp3) is 0.240. The highest BCUT2D eigenvalue weighted by atomic mass is 35.5. The summed E-state index contributed by atoms with van der Waals surface area (Å²) in [5.41, 5.74) is 1.86. The van der Waals surface area contributed by atoms with Crippen LogP contribution in [0.5, 0.6) is 5.75 Å². The molecule has 3 aromatic rings. The molecule has 0 saturated carbocycles. The Labute approximate surface area is 201 Å². The molecule has 176 valence electrons. The van der Waals surface area contributed by atoms with E-state index in [0.29, 0.717) is 54.6 Å². The first kappa shape index (κ1) is 23.7. The van der Waals surface area contributed by atoms with E-state index >= 15 is 0 Å². The van der Waals surface area contributed by atoms with Gasteiger partial charge in [-0.3, -0.25) is 19.8 Å². The lowest BCUT2D eigenvalue weighted by atomic mass is 10.1. The molecule has 1 aliphatic heterocycles. The molecule has 1 heterocycles. The summed E-state index contributed by atoms with van der Waals surface area (Å²) >= 11 is 6.14. The summed E-state index contributed by atoms with van der Waals surface area (Å²) in [6.07, 6.45) is 0. The zero-order chi connectivity index (χ0) is 24.1. The molecule has 4 rings (SSSR count). The molecule has 0 N–H and O–H groups in total. The van der Waals surface area contributed by atoms with Gasteiger partial charge in [-0.15, -0.1) is 0 Å². The van der Waals surface area contributed by atoms with E-state index in [1.165, 1.54) is 18.2 Å². The molecular weight excluding hydrogens is 461 g/mol. The maximum Gasteiger partial charge on any atom is 0.269 e.